The molecule has 22 heavy (non-hydrogen) atoms. The molecule has 0 heterocycles. The second-order valence-electron chi connectivity index (χ2n) is 4.64. The lowest BCUT2D eigenvalue weighted by Crippen LogP contribution is -2.12. The van der Waals surface area contributed by atoms with E-state index < -0.39 is 27.6 Å². The summed E-state index contributed by atoms with van der Waals surface area (Å²) in [6, 6.07) is 5.69. The summed E-state index contributed by atoms with van der Waals surface area (Å²) in [5, 5.41) is 0.0211. The van der Waals surface area contributed by atoms with Gasteiger partial charge >= 0.3 is 5.97 Å². The van der Waals surface area contributed by atoms with Gasteiger partial charge in [0.1, 0.15) is 5.83 Å². The van der Waals surface area contributed by atoms with Gasteiger partial charge in [-0.25, -0.2) is 12.8 Å². The number of rotatable bonds is 4. The molecular formula is C15H13ClFO4S. The van der Waals surface area contributed by atoms with E-state index in [9.17, 15) is 17.6 Å². The number of allylic oxidation sites excluding steroid dienone is 4. The highest BCUT2D eigenvalue weighted by molar-refractivity contribution is 7.91. The Balaban J connectivity index is 2.26. The lowest BCUT2D eigenvalue weighted by atomic mass is 9.97. The van der Waals surface area contributed by atoms with Crippen molar-refractivity contribution < 1.29 is 22.3 Å². The fraction of sp³-hybridized carbons (Fsp3) is 0.200. The molecular weight excluding hydrogens is 331 g/mol. The first-order chi connectivity index (χ1) is 10.3. The fourth-order valence-electron chi connectivity index (χ4n) is 1.92. The van der Waals surface area contributed by atoms with Crippen molar-refractivity contribution in [3.8, 4) is 0 Å². The minimum Gasteiger partial charge on any atom is -0.449 e. The number of esters is 1. The summed E-state index contributed by atoms with van der Waals surface area (Å²) in [5.74, 6) is -1.91. The number of carbonyl (C=O) groups is 1. The van der Waals surface area contributed by atoms with Crippen LogP contribution in [0, 0.1) is 6.42 Å². The Hall–Kier alpha value is -1.66. The molecule has 0 atom stereocenters. The second kappa shape index (κ2) is 6.62. The third kappa shape index (κ3) is 3.75. The molecule has 0 N–H and O–H groups in total. The van der Waals surface area contributed by atoms with Crippen LogP contribution >= 0.6 is 11.6 Å². The van der Waals surface area contributed by atoms with Crippen molar-refractivity contribution in [2.24, 2.45) is 0 Å². The van der Waals surface area contributed by atoms with Gasteiger partial charge in [0.25, 0.3) is 0 Å². The molecule has 0 bridgehead atoms. The van der Waals surface area contributed by atoms with Crippen LogP contribution in [0.25, 0.3) is 5.57 Å². The summed E-state index contributed by atoms with van der Waals surface area (Å²) >= 11 is 5.74. The monoisotopic (exact) mass is 343 g/mol. The first-order valence-electron chi connectivity index (χ1n) is 6.36. The topological polar surface area (TPSA) is 60.4 Å². The van der Waals surface area contributed by atoms with Crippen LogP contribution in [0.3, 0.4) is 0 Å². The van der Waals surface area contributed by atoms with Gasteiger partial charge in [0.05, 0.1) is 9.93 Å². The van der Waals surface area contributed by atoms with Crippen molar-refractivity contribution in [2.45, 2.75) is 18.2 Å². The minimum absolute atomic E-state index is 0.0000591. The maximum Gasteiger partial charge on any atom is 0.303 e. The Bertz CT molecular complexity index is 748. The van der Waals surface area contributed by atoms with Gasteiger partial charge in [-0.1, -0.05) is 29.8 Å². The van der Waals surface area contributed by atoms with Crippen LogP contribution in [0.15, 0.2) is 46.1 Å². The SMILES string of the molecule is CC(=O)OCS(=O)(=O)c1ccc(C2=C(F)C(Cl)=C[CH]C2)cc1. The van der Waals surface area contributed by atoms with Gasteiger partial charge in [0.2, 0.25) is 9.84 Å². The highest BCUT2D eigenvalue weighted by Gasteiger charge is 2.19. The quantitative estimate of drug-likeness (QED) is 0.786. The van der Waals surface area contributed by atoms with Crippen LogP contribution in [0.1, 0.15) is 18.9 Å². The maximum atomic E-state index is 14.0. The summed E-state index contributed by atoms with van der Waals surface area (Å²) in [7, 11) is -3.73. The number of sulfone groups is 1. The van der Waals surface area contributed by atoms with E-state index in [4.69, 9.17) is 11.6 Å². The van der Waals surface area contributed by atoms with Gasteiger partial charge in [-0.2, -0.15) is 0 Å². The molecule has 0 amide bonds. The predicted molar refractivity (Wildman–Crippen MR) is 81.1 cm³/mol. The zero-order valence-electron chi connectivity index (χ0n) is 11.7. The number of benzene rings is 1. The molecule has 1 aliphatic rings. The molecule has 0 fully saturated rings. The molecule has 1 radical (unpaired) electrons. The smallest absolute Gasteiger partial charge is 0.303 e. The zero-order valence-corrected chi connectivity index (χ0v) is 13.2. The Morgan fingerprint density at radius 2 is 1.95 bits per heavy atom. The van der Waals surface area contributed by atoms with Gasteiger partial charge < -0.3 is 4.74 Å². The van der Waals surface area contributed by atoms with E-state index in [0.29, 0.717) is 17.6 Å². The summed E-state index contributed by atoms with van der Waals surface area (Å²) < 4.78 is 42.3. The van der Waals surface area contributed by atoms with E-state index in [1.807, 2.05) is 0 Å². The van der Waals surface area contributed by atoms with Crippen molar-refractivity contribution in [3.05, 3.63) is 53.2 Å². The van der Waals surface area contributed by atoms with E-state index in [1.165, 1.54) is 30.3 Å². The first-order valence-corrected chi connectivity index (χ1v) is 8.39. The summed E-state index contributed by atoms with van der Waals surface area (Å²) in [4.78, 5) is 10.7. The lowest BCUT2D eigenvalue weighted by molar-refractivity contribution is -0.138. The minimum atomic E-state index is -3.73. The molecule has 0 unspecified atom stereocenters. The van der Waals surface area contributed by atoms with E-state index in [1.54, 1.807) is 6.42 Å². The van der Waals surface area contributed by atoms with E-state index in [-0.39, 0.29) is 9.93 Å². The molecule has 1 aromatic carbocycles. The standard InChI is InChI=1S/C15H13ClFO4S/c1-10(18)21-9-22(19,20)12-7-5-11(6-8-12)13-3-2-4-14(16)15(13)17/h2,4-8H,3,9H2,1H3. The third-order valence-corrected chi connectivity index (χ3v) is 4.75. The Kier molecular flexibility index (Phi) is 5.03. The number of hydrogen-bond donors (Lipinski definition) is 0. The van der Waals surface area contributed by atoms with Crippen LogP contribution in [0.2, 0.25) is 0 Å². The highest BCUT2D eigenvalue weighted by Crippen LogP contribution is 2.34. The summed E-state index contributed by atoms with van der Waals surface area (Å²) in [6.07, 6.45) is 3.59. The number of carbonyl (C=O) groups excluding carboxylic acids is 1. The van der Waals surface area contributed by atoms with Crippen molar-refractivity contribution >= 4 is 33.0 Å². The fourth-order valence-corrected chi connectivity index (χ4v) is 3.13. The number of hydrogen-bond acceptors (Lipinski definition) is 4. The highest BCUT2D eigenvalue weighted by atomic mass is 35.5. The maximum absolute atomic E-state index is 14.0. The average molecular weight is 344 g/mol. The molecule has 0 aromatic heterocycles. The van der Waals surface area contributed by atoms with Crippen molar-refractivity contribution in [1.82, 2.24) is 0 Å². The largest absolute Gasteiger partial charge is 0.449 e. The van der Waals surface area contributed by atoms with Gasteiger partial charge in [0, 0.05) is 6.92 Å². The molecule has 0 saturated carbocycles. The molecule has 0 saturated heterocycles. The van der Waals surface area contributed by atoms with E-state index in [2.05, 4.69) is 4.74 Å². The van der Waals surface area contributed by atoms with Crippen LogP contribution in [-0.4, -0.2) is 20.3 Å². The number of halogens is 2. The normalized spacial score (nSPS) is 15.5. The molecule has 7 heteroatoms. The van der Waals surface area contributed by atoms with Crippen LogP contribution in [0.5, 0.6) is 0 Å². The van der Waals surface area contributed by atoms with Crippen molar-refractivity contribution in [2.75, 3.05) is 5.94 Å². The van der Waals surface area contributed by atoms with Crippen LogP contribution in [0.4, 0.5) is 4.39 Å². The van der Waals surface area contributed by atoms with Crippen LogP contribution in [-0.2, 0) is 19.4 Å². The third-order valence-electron chi connectivity index (χ3n) is 3.04. The zero-order chi connectivity index (χ0) is 16.3. The average Bonchev–Trinajstić information content (AvgIpc) is 2.48. The Morgan fingerprint density at radius 1 is 1.32 bits per heavy atom. The molecule has 4 nitrogen and oxygen atoms in total. The molecule has 0 spiro atoms. The Morgan fingerprint density at radius 3 is 2.55 bits per heavy atom. The number of ether oxygens (including phenoxy) is 1. The van der Waals surface area contributed by atoms with Gasteiger partial charge in [-0.05, 0) is 36.1 Å². The Labute approximate surface area is 133 Å². The molecule has 2 rings (SSSR count). The molecule has 0 aliphatic heterocycles. The van der Waals surface area contributed by atoms with Crippen molar-refractivity contribution in [3.63, 3.8) is 0 Å². The first kappa shape index (κ1) is 16.7. The van der Waals surface area contributed by atoms with Gasteiger partial charge in [-0.15, -0.1) is 0 Å². The molecule has 1 aromatic rings. The van der Waals surface area contributed by atoms with E-state index in [0.717, 1.165) is 6.92 Å². The summed E-state index contributed by atoms with van der Waals surface area (Å²) in [6.45, 7) is 1.13. The molecule has 117 valence electrons. The molecule has 1 aliphatic carbocycles. The van der Waals surface area contributed by atoms with E-state index >= 15 is 0 Å². The van der Waals surface area contributed by atoms with Crippen LogP contribution < -0.4 is 0 Å². The van der Waals surface area contributed by atoms with Gasteiger partial charge in [-0.3, -0.25) is 4.79 Å². The summed E-state index contributed by atoms with van der Waals surface area (Å²) in [5.41, 5.74) is 0.947. The second-order valence-corrected chi connectivity index (χ2v) is 6.98. The van der Waals surface area contributed by atoms with Crippen molar-refractivity contribution in [1.29, 1.82) is 0 Å². The van der Waals surface area contributed by atoms with Gasteiger partial charge in [0.15, 0.2) is 5.94 Å². The lowest BCUT2D eigenvalue weighted by Gasteiger charge is -2.13. The predicted octanol–water partition coefficient (Wildman–Crippen LogP) is 3.39.